The molecule has 7 heteroatoms. The minimum absolute atomic E-state index is 0.0566. The number of hydrogen-bond donors (Lipinski definition) is 0. The van der Waals surface area contributed by atoms with Crippen molar-refractivity contribution in [3.8, 4) is 17.2 Å². The van der Waals surface area contributed by atoms with Crippen LogP contribution in [0.1, 0.15) is 15.9 Å². The average Bonchev–Trinajstić information content (AvgIpc) is 3.29. The van der Waals surface area contributed by atoms with Gasteiger partial charge in [0.05, 0.1) is 7.11 Å². The first kappa shape index (κ1) is 18.2. The van der Waals surface area contributed by atoms with Crippen LogP contribution in [0.15, 0.2) is 59.3 Å². The van der Waals surface area contributed by atoms with Crippen LogP contribution >= 0.6 is 0 Å². The molecule has 7 nitrogen and oxygen atoms in total. The Morgan fingerprint density at radius 2 is 1.75 bits per heavy atom. The Balaban J connectivity index is 1.32. The molecule has 0 N–H and O–H groups in total. The number of amides is 1. The molecule has 2 aromatic carbocycles. The summed E-state index contributed by atoms with van der Waals surface area (Å²) in [5.74, 6) is 1.37. The van der Waals surface area contributed by atoms with E-state index < -0.39 is 0 Å². The van der Waals surface area contributed by atoms with E-state index in [0.29, 0.717) is 11.5 Å². The molecule has 1 fully saturated rings. The van der Waals surface area contributed by atoms with Crippen LogP contribution < -0.4 is 4.74 Å². The molecule has 0 aliphatic carbocycles. The molecule has 0 radical (unpaired) electrons. The van der Waals surface area contributed by atoms with E-state index in [4.69, 9.17) is 9.15 Å². The molecule has 3 aromatic rings. The average molecular weight is 378 g/mol. The van der Waals surface area contributed by atoms with Gasteiger partial charge in [0.15, 0.2) is 0 Å². The van der Waals surface area contributed by atoms with Gasteiger partial charge >= 0.3 is 0 Å². The van der Waals surface area contributed by atoms with Gasteiger partial charge in [-0.25, -0.2) is 0 Å². The number of nitrogens with zero attached hydrogens (tertiary/aromatic N) is 4. The Hall–Kier alpha value is -3.19. The van der Waals surface area contributed by atoms with Gasteiger partial charge in [-0.05, 0) is 42.0 Å². The third kappa shape index (κ3) is 4.04. The number of rotatable bonds is 5. The van der Waals surface area contributed by atoms with Crippen molar-refractivity contribution < 1.29 is 13.9 Å². The zero-order valence-corrected chi connectivity index (χ0v) is 15.7. The van der Waals surface area contributed by atoms with Gasteiger partial charge in [-0.3, -0.25) is 9.69 Å². The smallest absolute Gasteiger partial charge is 0.253 e. The van der Waals surface area contributed by atoms with E-state index in [1.807, 2.05) is 41.3 Å². The molecular weight excluding hydrogens is 356 g/mol. The topological polar surface area (TPSA) is 71.7 Å². The molecule has 28 heavy (non-hydrogen) atoms. The summed E-state index contributed by atoms with van der Waals surface area (Å²) < 4.78 is 10.4. The van der Waals surface area contributed by atoms with Crippen molar-refractivity contribution in [3.63, 3.8) is 0 Å². The minimum Gasteiger partial charge on any atom is -0.497 e. The lowest BCUT2D eigenvalue weighted by Crippen LogP contribution is -2.48. The predicted octanol–water partition coefficient (Wildman–Crippen LogP) is 2.70. The van der Waals surface area contributed by atoms with Crippen molar-refractivity contribution >= 4 is 5.91 Å². The summed E-state index contributed by atoms with van der Waals surface area (Å²) in [7, 11) is 1.67. The van der Waals surface area contributed by atoms with Crippen LogP contribution in [0.5, 0.6) is 5.75 Å². The van der Waals surface area contributed by atoms with Gasteiger partial charge < -0.3 is 14.1 Å². The van der Waals surface area contributed by atoms with Crippen LogP contribution in [-0.4, -0.2) is 59.2 Å². The van der Waals surface area contributed by atoms with Crippen LogP contribution in [-0.2, 0) is 6.54 Å². The zero-order valence-electron chi connectivity index (χ0n) is 15.7. The lowest BCUT2D eigenvalue weighted by atomic mass is 10.1. The van der Waals surface area contributed by atoms with E-state index in [-0.39, 0.29) is 5.91 Å². The summed E-state index contributed by atoms with van der Waals surface area (Å²) in [6.45, 7) is 4.04. The number of carbonyl (C=O) groups is 1. The number of methoxy groups -OCH3 is 1. The molecule has 144 valence electrons. The number of benzene rings is 2. The third-order valence-corrected chi connectivity index (χ3v) is 4.96. The van der Waals surface area contributed by atoms with Crippen LogP contribution in [0, 0.1) is 0 Å². The first-order chi connectivity index (χ1) is 13.7. The minimum atomic E-state index is 0.0566. The Labute approximate surface area is 163 Å². The van der Waals surface area contributed by atoms with E-state index >= 15 is 0 Å². The van der Waals surface area contributed by atoms with E-state index in [1.54, 1.807) is 7.11 Å². The molecule has 1 saturated heterocycles. The van der Waals surface area contributed by atoms with E-state index in [2.05, 4.69) is 27.2 Å². The number of hydrogen-bond acceptors (Lipinski definition) is 6. The summed E-state index contributed by atoms with van der Waals surface area (Å²) in [6, 6.07) is 15.4. The van der Waals surface area contributed by atoms with E-state index in [9.17, 15) is 4.79 Å². The fraction of sp³-hybridized carbons (Fsp3) is 0.286. The van der Waals surface area contributed by atoms with Gasteiger partial charge in [0, 0.05) is 43.9 Å². The fourth-order valence-electron chi connectivity index (χ4n) is 3.34. The second-order valence-electron chi connectivity index (χ2n) is 6.74. The lowest BCUT2D eigenvalue weighted by Gasteiger charge is -2.34. The van der Waals surface area contributed by atoms with E-state index in [1.165, 1.54) is 12.0 Å². The van der Waals surface area contributed by atoms with Crippen LogP contribution in [0.2, 0.25) is 0 Å². The molecule has 1 aliphatic heterocycles. The molecular formula is C21H22N4O3. The van der Waals surface area contributed by atoms with Crippen molar-refractivity contribution in [1.82, 2.24) is 20.0 Å². The van der Waals surface area contributed by atoms with Gasteiger partial charge in [0.2, 0.25) is 12.3 Å². The van der Waals surface area contributed by atoms with Crippen molar-refractivity contribution in [2.75, 3.05) is 33.3 Å². The SMILES string of the molecule is COc1ccc(CN2CCN(C(=O)c3ccc(-c4nnco4)cc3)CC2)cc1. The van der Waals surface area contributed by atoms with Crippen LogP contribution in [0.3, 0.4) is 0 Å². The predicted molar refractivity (Wildman–Crippen MR) is 104 cm³/mol. The Kier molecular flexibility index (Phi) is 5.34. The van der Waals surface area contributed by atoms with Crippen molar-refractivity contribution in [1.29, 1.82) is 0 Å². The molecule has 1 amide bonds. The van der Waals surface area contributed by atoms with Gasteiger partial charge in [-0.15, -0.1) is 10.2 Å². The normalized spacial score (nSPS) is 14.8. The molecule has 1 aromatic heterocycles. The van der Waals surface area contributed by atoms with E-state index in [0.717, 1.165) is 44.0 Å². The Morgan fingerprint density at radius 1 is 1.04 bits per heavy atom. The zero-order chi connectivity index (χ0) is 19.3. The summed E-state index contributed by atoms with van der Waals surface area (Å²) in [4.78, 5) is 17.0. The number of carbonyl (C=O) groups excluding carboxylic acids is 1. The second kappa shape index (κ2) is 8.22. The largest absolute Gasteiger partial charge is 0.497 e. The molecule has 1 aliphatic rings. The van der Waals surface area contributed by atoms with Crippen molar-refractivity contribution in [2.45, 2.75) is 6.54 Å². The molecule has 0 bridgehead atoms. The number of piperazine rings is 1. The maximum atomic E-state index is 12.8. The number of aromatic nitrogens is 2. The maximum Gasteiger partial charge on any atom is 0.253 e. The molecule has 2 heterocycles. The quantitative estimate of drug-likeness (QED) is 0.680. The van der Waals surface area contributed by atoms with Crippen LogP contribution in [0.4, 0.5) is 0 Å². The van der Waals surface area contributed by atoms with Crippen molar-refractivity contribution in [2.24, 2.45) is 0 Å². The molecule has 4 rings (SSSR count). The summed E-state index contributed by atoms with van der Waals surface area (Å²) >= 11 is 0. The highest BCUT2D eigenvalue weighted by atomic mass is 16.5. The fourth-order valence-corrected chi connectivity index (χ4v) is 3.34. The monoisotopic (exact) mass is 378 g/mol. The van der Waals surface area contributed by atoms with Gasteiger partial charge in [0.1, 0.15) is 5.75 Å². The van der Waals surface area contributed by atoms with Gasteiger partial charge in [-0.1, -0.05) is 12.1 Å². The molecule has 0 unspecified atom stereocenters. The number of ether oxygens (including phenoxy) is 1. The lowest BCUT2D eigenvalue weighted by molar-refractivity contribution is 0.0628. The first-order valence-electron chi connectivity index (χ1n) is 9.24. The molecule has 0 atom stereocenters. The molecule has 0 saturated carbocycles. The summed E-state index contributed by atoms with van der Waals surface area (Å²) in [5.41, 5.74) is 2.72. The van der Waals surface area contributed by atoms with Crippen LogP contribution in [0.25, 0.3) is 11.5 Å². The van der Waals surface area contributed by atoms with Gasteiger partial charge in [-0.2, -0.15) is 0 Å². The molecule has 0 spiro atoms. The Bertz CT molecular complexity index is 900. The standard InChI is InChI=1S/C21H22N4O3/c1-27-19-8-2-16(3-9-19)14-24-10-12-25(13-11-24)21(26)18-6-4-17(5-7-18)20-23-22-15-28-20/h2-9,15H,10-14H2,1H3. The highest BCUT2D eigenvalue weighted by Crippen LogP contribution is 2.19. The second-order valence-corrected chi connectivity index (χ2v) is 6.74. The Morgan fingerprint density at radius 3 is 2.36 bits per heavy atom. The third-order valence-electron chi connectivity index (χ3n) is 4.96. The first-order valence-corrected chi connectivity index (χ1v) is 9.24. The summed E-state index contributed by atoms with van der Waals surface area (Å²) in [6.07, 6.45) is 1.29. The summed E-state index contributed by atoms with van der Waals surface area (Å²) in [5, 5.41) is 7.55. The van der Waals surface area contributed by atoms with Gasteiger partial charge in [0.25, 0.3) is 5.91 Å². The maximum absolute atomic E-state index is 12.8. The highest BCUT2D eigenvalue weighted by Gasteiger charge is 2.22. The highest BCUT2D eigenvalue weighted by molar-refractivity contribution is 5.94. The van der Waals surface area contributed by atoms with Crippen molar-refractivity contribution in [3.05, 3.63) is 66.1 Å².